The lowest BCUT2D eigenvalue weighted by Crippen LogP contribution is -2.15. The standard InChI is InChI=1S/C16H18N2O3/c1-21-14-7-5-13(6-8-14)18-16(20)10-15(19)11-3-2-4-12(17)9-11/h2-9,15,19H,10,17H2,1H3,(H,18,20)/t15-/m0/s1. The molecule has 0 saturated carbocycles. The van der Waals surface area contributed by atoms with Crippen LogP contribution < -0.4 is 15.8 Å². The van der Waals surface area contributed by atoms with E-state index in [1.165, 1.54) is 0 Å². The van der Waals surface area contributed by atoms with E-state index in [0.717, 1.165) is 0 Å². The van der Waals surface area contributed by atoms with Crippen LogP contribution in [0.1, 0.15) is 18.1 Å². The summed E-state index contributed by atoms with van der Waals surface area (Å²) >= 11 is 0. The zero-order valence-corrected chi connectivity index (χ0v) is 11.7. The number of anilines is 2. The summed E-state index contributed by atoms with van der Waals surface area (Å²) in [5.41, 5.74) is 7.49. The number of benzene rings is 2. The van der Waals surface area contributed by atoms with Gasteiger partial charge in [0.05, 0.1) is 19.6 Å². The molecule has 0 aromatic heterocycles. The van der Waals surface area contributed by atoms with Crippen molar-refractivity contribution in [2.24, 2.45) is 0 Å². The number of aliphatic hydroxyl groups excluding tert-OH is 1. The molecule has 0 radical (unpaired) electrons. The minimum atomic E-state index is -0.883. The van der Waals surface area contributed by atoms with Gasteiger partial charge in [-0.25, -0.2) is 0 Å². The molecule has 0 aliphatic heterocycles. The van der Waals surface area contributed by atoms with Crippen LogP contribution in [0.2, 0.25) is 0 Å². The van der Waals surface area contributed by atoms with Crippen molar-refractivity contribution in [2.75, 3.05) is 18.2 Å². The molecule has 2 aromatic rings. The summed E-state index contributed by atoms with van der Waals surface area (Å²) in [6.07, 6.45) is -0.915. The summed E-state index contributed by atoms with van der Waals surface area (Å²) in [4.78, 5) is 11.9. The van der Waals surface area contributed by atoms with Gasteiger partial charge in [0.25, 0.3) is 0 Å². The molecule has 0 saturated heterocycles. The van der Waals surface area contributed by atoms with Crippen LogP contribution in [0.25, 0.3) is 0 Å². The first kappa shape index (κ1) is 14.9. The van der Waals surface area contributed by atoms with Gasteiger partial charge in [-0.1, -0.05) is 12.1 Å². The number of methoxy groups -OCH3 is 1. The van der Waals surface area contributed by atoms with Crippen molar-refractivity contribution in [2.45, 2.75) is 12.5 Å². The second-order valence-corrected chi connectivity index (χ2v) is 4.67. The summed E-state index contributed by atoms with van der Waals surface area (Å²) in [7, 11) is 1.58. The van der Waals surface area contributed by atoms with Crippen LogP contribution in [0.3, 0.4) is 0 Å². The summed E-state index contributed by atoms with van der Waals surface area (Å²) in [6, 6.07) is 13.9. The Morgan fingerprint density at radius 1 is 1.29 bits per heavy atom. The molecule has 5 nitrogen and oxygen atoms in total. The van der Waals surface area contributed by atoms with Gasteiger partial charge < -0.3 is 20.9 Å². The van der Waals surface area contributed by atoms with Gasteiger partial charge in [0.1, 0.15) is 5.75 Å². The maximum atomic E-state index is 11.9. The Hall–Kier alpha value is -2.53. The van der Waals surface area contributed by atoms with Gasteiger partial charge in [-0.2, -0.15) is 0 Å². The lowest BCUT2D eigenvalue weighted by molar-refractivity contribution is -0.118. The molecule has 1 amide bonds. The van der Waals surface area contributed by atoms with Crippen LogP contribution in [-0.4, -0.2) is 18.1 Å². The minimum absolute atomic E-state index is 0.0323. The van der Waals surface area contributed by atoms with Gasteiger partial charge in [0, 0.05) is 11.4 Å². The Balaban J connectivity index is 1.94. The highest BCUT2D eigenvalue weighted by Gasteiger charge is 2.13. The smallest absolute Gasteiger partial charge is 0.227 e. The third-order valence-electron chi connectivity index (χ3n) is 3.05. The number of aliphatic hydroxyl groups is 1. The van der Waals surface area contributed by atoms with Crippen LogP contribution in [0.4, 0.5) is 11.4 Å². The van der Waals surface area contributed by atoms with E-state index in [4.69, 9.17) is 10.5 Å². The summed E-state index contributed by atoms with van der Waals surface area (Å²) in [6.45, 7) is 0. The average molecular weight is 286 g/mol. The van der Waals surface area contributed by atoms with Crippen LogP contribution in [0, 0.1) is 0 Å². The van der Waals surface area contributed by atoms with Crippen molar-refractivity contribution in [3.05, 3.63) is 54.1 Å². The molecule has 0 aliphatic rings. The number of nitrogens with two attached hydrogens (primary N) is 1. The van der Waals surface area contributed by atoms with E-state index < -0.39 is 6.10 Å². The highest BCUT2D eigenvalue weighted by molar-refractivity contribution is 5.91. The second-order valence-electron chi connectivity index (χ2n) is 4.67. The average Bonchev–Trinajstić information content (AvgIpc) is 2.48. The fourth-order valence-electron chi connectivity index (χ4n) is 1.95. The first-order valence-electron chi connectivity index (χ1n) is 6.56. The van der Waals surface area contributed by atoms with Crippen molar-refractivity contribution >= 4 is 17.3 Å². The number of rotatable bonds is 5. The van der Waals surface area contributed by atoms with Crippen LogP contribution in [0.15, 0.2) is 48.5 Å². The molecule has 0 spiro atoms. The van der Waals surface area contributed by atoms with Crippen molar-refractivity contribution < 1.29 is 14.6 Å². The molecule has 5 heteroatoms. The normalized spacial score (nSPS) is 11.7. The molecule has 0 bridgehead atoms. The predicted octanol–water partition coefficient (Wildman–Crippen LogP) is 2.34. The van der Waals surface area contributed by atoms with E-state index in [-0.39, 0.29) is 12.3 Å². The Bertz CT molecular complexity index is 611. The molecule has 0 heterocycles. The van der Waals surface area contributed by atoms with E-state index >= 15 is 0 Å². The number of hydrogen-bond donors (Lipinski definition) is 3. The Morgan fingerprint density at radius 2 is 2.00 bits per heavy atom. The highest BCUT2D eigenvalue weighted by Crippen LogP contribution is 2.20. The number of amides is 1. The molecule has 4 N–H and O–H groups in total. The monoisotopic (exact) mass is 286 g/mol. The number of carbonyl (C=O) groups is 1. The predicted molar refractivity (Wildman–Crippen MR) is 82.1 cm³/mol. The molecule has 0 fully saturated rings. The quantitative estimate of drug-likeness (QED) is 0.737. The van der Waals surface area contributed by atoms with E-state index in [9.17, 15) is 9.90 Å². The Labute approximate surface area is 123 Å². The first-order valence-corrected chi connectivity index (χ1v) is 6.56. The molecule has 2 aromatic carbocycles. The topological polar surface area (TPSA) is 84.6 Å². The molecular weight excluding hydrogens is 268 g/mol. The minimum Gasteiger partial charge on any atom is -0.497 e. The van der Waals surface area contributed by atoms with Crippen molar-refractivity contribution in [1.29, 1.82) is 0 Å². The lowest BCUT2D eigenvalue weighted by Gasteiger charge is -2.12. The van der Waals surface area contributed by atoms with Crippen LogP contribution >= 0.6 is 0 Å². The van der Waals surface area contributed by atoms with Gasteiger partial charge in [0.2, 0.25) is 5.91 Å². The molecule has 110 valence electrons. The third-order valence-corrected chi connectivity index (χ3v) is 3.05. The summed E-state index contributed by atoms with van der Waals surface area (Å²) in [5, 5.41) is 12.8. The van der Waals surface area contributed by atoms with Gasteiger partial charge in [-0.05, 0) is 42.0 Å². The lowest BCUT2D eigenvalue weighted by atomic mass is 10.1. The maximum Gasteiger partial charge on any atom is 0.227 e. The van der Waals surface area contributed by atoms with Crippen LogP contribution in [-0.2, 0) is 4.79 Å². The van der Waals surface area contributed by atoms with E-state index in [1.54, 1.807) is 55.6 Å². The Kier molecular flexibility index (Phi) is 4.79. The third kappa shape index (κ3) is 4.22. The SMILES string of the molecule is COc1ccc(NC(=O)C[C@H](O)c2cccc(N)c2)cc1. The number of nitrogens with one attached hydrogen (secondary N) is 1. The van der Waals surface area contributed by atoms with Crippen molar-refractivity contribution in [3.8, 4) is 5.75 Å². The molecule has 0 aliphatic carbocycles. The number of nitrogen functional groups attached to an aromatic ring is 1. The van der Waals surface area contributed by atoms with E-state index in [1.807, 2.05) is 0 Å². The second kappa shape index (κ2) is 6.76. The summed E-state index contributed by atoms with van der Waals surface area (Å²) < 4.78 is 5.04. The molecular formula is C16H18N2O3. The largest absolute Gasteiger partial charge is 0.497 e. The van der Waals surface area contributed by atoms with Crippen molar-refractivity contribution in [3.63, 3.8) is 0 Å². The van der Waals surface area contributed by atoms with E-state index in [0.29, 0.717) is 22.7 Å². The maximum absolute atomic E-state index is 11.9. The number of hydrogen-bond acceptors (Lipinski definition) is 4. The molecule has 2 rings (SSSR count). The van der Waals surface area contributed by atoms with Gasteiger partial charge >= 0.3 is 0 Å². The van der Waals surface area contributed by atoms with Crippen molar-refractivity contribution in [1.82, 2.24) is 0 Å². The zero-order valence-electron chi connectivity index (χ0n) is 11.7. The number of carbonyl (C=O) groups excluding carboxylic acids is 1. The Morgan fingerprint density at radius 3 is 2.62 bits per heavy atom. The number of ether oxygens (including phenoxy) is 1. The highest BCUT2D eigenvalue weighted by atomic mass is 16.5. The zero-order chi connectivity index (χ0) is 15.2. The molecule has 1 atom stereocenters. The summed E-state index contributed by atoms with van der Waals surface area (Å²) in [5.74, 6) is 0.447. The van der Waals surface area contributed by atoms with Gasteiger partial charge in [-0.3, -0.25) is 4.79 Å². The van der Waals surface area contributed by atoms with Gasteiger partial charge in [0.15, 0.2) is 0 Å². The van der Waals surface area contributed by atoms with Crippen LogP contribution in [0.5, 0.6) is 5.75 Å². The first-order chi connectivity index (χ1) is 10.1. The fraction of sp³-hybridized carbons (Fsp3) is 0.188. The van der Waals surface area contributed by atoms with E-state index in [2.05, 4.69) is 5.32 Å². The van der Waals surface area contributed by atoms with Gasteiger partial charge in [-0.15, -0.1) is 0 Å². The molecule has 21 heavy (non-hydrogen) atoms. The fourth-order valence-corrected chi connectivity index (χ4v) is 1.95. The molecule has 0 unspecified atom stereocenters.